The smallest absolute Gasteiger partial charge is 0.265 e. The van der Waals surface area contributed by atoms with Crippen LogP contribution in [0.1, 0.15) is 11.4 Å². The Bertz CT molecular complexity index is 742. The van der Waals surface area contributed by atoms with Crippen LogP contribution in [-0.2, 0) is 10.0 Å². The van der Waals surface area contributed by atoms with Gasteiger partial charge >= 0.3 is 0 Å². The second kappa shape index (κ2) is 5.26. The third-order valence-electron chi connectivity index (χ3n) is 2.45. The van der Waals surface area contributed by atoms with Crippen molar-refractivity contribution in [3.63, 3.8) is 0 Å². The van der Waals surface area contributed by atoms with Crippen LogP contribution in [0, 0.1) is 13.8 Å². The van der Waals surface area contributed by atoms with Crippen LogP contribution in [-0.4, -0.2) is 18.4 Å². The standard InChI is InChI=1S/C12H13ClN4O2S/c1-7-5-8(2)16-12(15-7)17-20(18,19)11-4-3-9(14)6-10(11)13/h3-6H,14H2,1-2H3,(H,15,16,17). The van der Waals surface area contributed by atoms with E-state index in [1.165, 1.54) is 18.2 Å². The van der Waals surface area contributed by atoms with Crippen molar-refractivity contribution >= 4 is 33.3 Å². The van der Waals surface area contributed by atoms with Gasteiger partial charge in [-0.15, -0.1) is 0 Å². The first-order chi connectivity index (χ1) is 9.28. The van der Waals surface area contributed by atoms with Crippen LogP contribution in [0.4, 0.5) is 11.6 Å². The molecular formula is C12H13ClN4O2S. The van der Waals surface area contributed by atoms with Crippen LogP contribution in [0.3, 0.4) is 0 Å². The minimum absolute atomic E-state index is 0.00962. The molecule has 2 aromatic rings. The van der Waals surface area contributed by atoms with Gasteiger partial charge in [-0.05, 0) is 38.1 Å². The highest BCUT2D eigenvalue weighted by Gasteiger charge is 2.19. The average Bonchev–Trinajstić information content (AvgIpc) is 2.25. The van der Waals surface area contributed by atoms with Gasteiger partial charge < -0.3 is 5.73 Å². The predicted molar refractivity (Wildman–Crippen MR) is 78.2 cm³/mol. The molecule has 1 aromatic carbocycles. The van der Waals surface area contributed by atoms with Crippen LogP contribution < -0.4 is 10.5 Å². The lowest BCUT2D eigenvalue weighted by atomic mass is 10.3. The highest BCUT2D eigenvalue weighted by Crippen LogP contribution is 2.25. The first kappa shape index (κ1) is 14.5. The number of halogens is 1. The third kappa shape index (κ3) is 3.17. The van der Waals surface area contributed by atoms with Crippen molar-refractivity contribution in [1.29, 1.82) is 0 Å². The first-order valence-corrected chi connectivity index (χ1v) is 7.54. The fourth-order valence-corrected chi connectivity index (χ4v) is 3.18. The molecule has 8 heteroatoms. The maximum Gasteiger partial charge on any atom is 0.265 e. The lowest BCUT2D eigenvalue weighted by Crippen LogP contribution is -2.16. The summed E-state index contributed by atoms with van der Waals surface area (Å²) in [6.07, 6.45) is 0. The monoisotopic (exact) mass is 312 g/mol. The molecule has 1 aromatic heterocycles. The van der Waals surface area contributed by atoms with Crippen LogP contribution >= 0.6 is 11.6 Å². The fourth-order valence-electron chi connectivity index (χ4n) is 1.68. The van der Waals surface area contributed by atoms with Crippen LogP contribution in [0.25, 0.3) is 0 Å². The molecule has 0 atom stereocenters. The summed E-state index contributed by atoms with van der Waals surface area (Å²) >= 11 is 5.90. The Morgan fingerprint density at radius 1 is 1.15 bits per heavy atom. The molecule has 3 N–H and O–H groups in total. The number of aryl methyl sites for hydroxylation is 2. The van der Waals surface area contributed by atoms with Gasteiger partial charge in [-0.25, -0.2) is 23.1 Å². The van der Waals surface area contributed by atoms with Crippen molar-refractivity contribution in [3.05, 3.63) is 40.7 Å². The Kier molecular flexibility index (Phi) is 3.82. The molecule has 0 aliphatic heterocycles. The molecule has 0 aliphatic carbocycles. The van der Waals surface area contributed by atoms with Crippen molar-refractivity contribution in [1.82, 2.24) is 9.97 Å². The van der Waals surface area contributed by atoms with E-state index in [4.69, 9.17) is 17.3 Å². The number of aromatic nitrogens is 2. The normalized spacial score (nSPS) is 11.3. The molecule has 0 spiro atoms. The van der Waals surface area contributed by atoms with Crippen LogP contribution in [0.2, 0.25) is 5.02 Å². The summed E-state index contributed by atoms with van der Waals surface area (Å²) in [5.41, 5.74) is 7.26. The highest BCUT2D eigenvalue weighted by atomic mass is 35.5. The van der Waals surface area contributed by atoms with Gasteiger partial charge in [0.2, 0.25) is 5.95 Å². The zero-order valence-corrected chi connectivity index (χ0v) is 12.5. The van der Waals surface area contributed by atoms with Crippen molar-refractivity contribution in [2.24, 2.45) is 0 Å². The second-order valence-corrected chi connectivity index (χ2v) is 6.33. The number of sulfonamides is 1. The Morgan fingerprint density at radius 2 is 1.75 bits per heavy atom. The van der Waals surface area contributed by atoms with Gasteiger partial charge in [-0.3, -0.25) is 0 Å². The van der Waals surface area contributed by atoms with E-state index in [0.717, 1.165) is 0 Å². The van der Waals surface area contributed by atoms with E-state index in [9.17, 15) is 8.42 Å². The van der Waals surface area contributed by atoms with E-state index < -0.39 is 10.0 Å². The van der Waals surface area contributed by atoms with Crippen molar-refractivity contribution in [2.75, 3.05) is 10.5 Å². The lowest BCUT2D eigenvalue weighted by molar-refractivity contribution is 0.601. The average molecular weight is 313 g/mol. The maximum atomic E-state index is 12.2. The van der Waals surface area contributed by atoms with Gasteiger partial charge in [0, 0.05) is 17.1 Å². The molecule has 6 nitrogen and oxygen atoms in total. The zero-order chi connectivity index (χ0) is 14.9. The van der Waals surface area contributed by atoms with E-state index in [-0.39, 0.29) is 15.9 Å². The summed E-state index contributed by atoms with van der Waals surface area (Å²) in [5, 5.41) is 0.0434. The molecule has 0 fully saturated rings. The fraction of sp³-hybridized carbons (Fsp3) is 0.167. The number of anilines is 2. The molecule has 0 aliphatic rings. The van der Waals surface area contributed by atoms with Gasteiger partial charge in [0.15, 0.2) is 0 Å². The molecule has 106 valence electrons. The number of hydrogen-bond acceptors (Lipinski definition) is 5. The number of nitrogens with two attached hydrogens (primary N) is 1. The van der Waals surface area contributed by atoms with E-state index in [0.29, 0.717) is 17.1 Å². The van der Waals surface area contributed by atoms with Gasteiger partial charge in [0.05, 0.1) is 5.02 Å². The van der Waals surface area contributed by atoms with E-state index in [1.807, 2.05) is 0 Å². The largest absolute Gasteiger partial charge is 0.399 e. The van der Waals surface area contributed by atoms with Gasteiger partial charge in [-0.2, -0.15) is 0 Å². The number of benzene rings is 1. The zero-order valence-electron chi connectivity index (χ0n) is 10.9. The molecule has 1 heterocycles. The Balaban J connectivity index is 2.40. The van der Waals surface area contributed by atoms with Crippen LogP contribution in [0.15, 0.2) is 29.2 Å². The number of nitrogens with zero attached hydrogens (tertiary/aromatic N) is 2. The number of nitrogens with one attached hydrogen (secondary N) is 1. The highest BCUT2D eigenvalue weighted by molar-refractivity contribution is 7.92. The third-order valence-corrected chi connectivity index (χ3v) is 4.26. The number of nitrogen functional groups attached to an aromatic ring is 1. The van der Waals surface area contributed by atoms with Gasteiger partial charge in [0.25, 0.3) is 10.0 Å². The van der Waals surface area contributed by atoms with E-state index >= 15 is 0 Å². The molecular weight excluding hydrogens is 300 g/mol. The SMILES string of the molecule is Cc1cc(C)nc(NS(=O)(=O)c2ccc(N)cc2Cl)n1. The van der Waals surface area contributed by atoms with Crippen molar-refractivity contribution in [3.8, 4) is 0 Å². The molecule has 0 bridgehead atoms. The van der Waals surface area contributed by atoms with Gasteiger partial charge in [-0.1, -0.05) is 11.6 Å². The van der Waals surface area contributed by atoms with E-state index in [2.05, 4.69) is 14.7 Å². The van der Waals surface area contributed by atoms with Gasteiger partial charge in [0.1, 0.15) is 4.90 Å². The number of hydrogen-bond donors (Lipinski definition) is 2. The van der Waals surface area contributed by atoms with E-state index in [1.54, 1.807) is 19.9 Å². The minimum Gasteiger partial charge on any atom is -0.399 e. The Labute approximate surface area is 122 Å². The Hall–Kier alpha value is -1.86. The summed E-state index contributed by atoms with van der Waals surface area (Å²) < 4.78 is 26.8. The summed E-state index contributed by atoms with van der Waals surface area (Å²) in [6.45, 7) is 3.51. The Morgan fingerprint density at radius 3 is 2.30 bits per heavy atom. The molecule has 20 heavy (non-hydrogen) atoms. The molecule has 0 saturated carbocycles. The lowest BCUT2D eigenvalue weighted by Gasteiger charge is -2.09. The minimum atomic E-state index is -3.86. The van der Waals surface area contributed by atoms with Crippen molar-refractivity contribution < 1.29 is 8.42 Å². The first-order valence-electron chi connectivity index (χ1n) is 5.68. The summed E-state index contributed by atoms with van der Waals surface area (Å²) in [7, 11) is -3.86. The predicted octanol–water partition coefficient (Wildman–Crippen LogP) is 2.13. The number of rotatable bonds is 3. The molecule has 0 amide bonds. The topological polar surface area (TPSA) is 98.0 Å². The summed E-state index contributed by atoms with van der Waals surface area (Å²) in [5.74, 6) is 0.00962. The molecule has 0 unspecified atom stereocenters. The summed E-state index contributed by atoms with van der Waals surface area (Å²) in [4.78, 5) is 7.97. The maximum absolute atomic E-state index is 12.2. The second-order valence-electron chi connectivity index (χ2n) is 4.27. The molecule has 0 radical (unpaired) electrons. The quantitative estimate of drug-likeness (QED) is 0.846. The van der Waals surface area contributed by atoms with Crippen molar-refractivity contribution in [2.45, 2.75) is 18.7 Å². The molecule has 2 rings (SSSR count). The van der Waals surface area contributed by atoms with Crippen LogP contribution in [0.5, 0.6) is 0 Å². The summed E-state index contributed by atoms with van der Waals surface area (Å²) in [6, 6.07) is 5.91. The molecule has 0 saturated heterocycles.